The van der Waals surface area contributed by atoms with Gasteiger partial charge in [-0.05, 0) is 104 Å². The van der Waals surface area contributed by atoms with Crippen molar-refractivity contribution in [3.63, 3.8) is 0 Å². The molecule has 8 N–H and O–H groups in total. The van der Waals surface area contributed by atoms with Gasteiger partial charge in [-0.2, -0.15) is 46.3 Å². The lowest BCUT2D eigenvalue weighted by Crippen LogP contribution is -2.35. The highest BCUT2D eigenvalue weighted by Gasteiger charge is 2.56. The Morgan fingerprint density at radius 2 is 0.838 bits per heavy atom. The van der Waals surface area contributed by atoms with Crippen molar-refractivity contribution in [1.82, 2.24) is 44.9 Å². The molecular weight excluding hydrogens is 1380 g/mol. The van der Waals surface area contributed by atoms with Crippen LogP contribution in [0.2, 0.25) is 0 Å². The molecule has 3 saturated carbocycles. The number of ether oxygens (including phenoxy) is 6. The molecule has 530 valence electrons. The minimum absolute atomic E-state index is 0.0243. The number of aliphatic hydroxyl groups excluding tert-OH is 5. The molecule has 9 aromatic rings. The molecule has 1 unspecified atom stereocenters. The zero-order valence-electron chi connectivity index (χ0n) is 54.5. The fraction of sp³-hybridized carbons (Fsp3) is 0.492. The minimum Gasteiger partial charge on any atom is -0.454 e. The SMILES string of the molecule is Cc1nc(OCC(F)(F)F)nc(N[C@@H]2C[C@H](CO)[C@@H](O)[C@H]2O)c1-c1nc2ccccc2s1.Cc1nc(OCC(F)(F)F)nc(N[C@@H]2C[C@H](CO)[C@H]3OC(C)(C)O[C@H]32)c1-c1nc2ccccc2s1.Cc1nc(S(C)=O)nc(N[C@@H]2C[C@H](CO)[C@H]3OC(C)(C)O[C@H]32)c1-c1nc2ccccc2s1. The van der Waals surface area contributed by atoms with Crippen LogP contribution in [0.5, 0.6) is 12.0 Å². The van der Waals surface area contributed by atoms with Gasteiger partial charge in [-0.15, -0.1) is 34.0 Å². The fourth-order valence-corrected chi connectivity index (χ4v) is 16.7. The lowest BCUT2D eigenvalue weighted by atomic mass is 10.1. The zero-order valence-corrected chi connectivity index (χ0v) is 57.8. The second-order valence-corrected chi connectivity index (χ2v) is 29.9. The number of alkyl halides is 6. The summed E-state index contributed by atoms with van der Waals surface area (Å²) in [5, 5.41) is 61.9. The quantitative estimate of drug-likeness (QED) is 0.0310. The third kappa shape index (κ3) is 16.0. The molecule has 8 heterocycles. The van der Waals surface area contributed by atoms with Crippen molar-refractivity contribution in [2.75, 3.05) is 55.2 Å². The largest absolute Gasteiger partial charge is 0.454 e. The average molecular weight is 1460 g/mol. The van der Waals surface area contributed by atoms with Crippen LogP contribution in [0.25, 0.3) is 62.4 Å². The van der Waals surface area contributed by atoms with Crippen LogP contribution >= 0.6 is 34.0 Å². The van der Waals surface area contributed by atoms with Crippen molar-refractivity contribution >= 4 is 92.9 Å². The van der Waals surface area contributed by atoms with Gasteiger partial charge in [0.1, 0.15) is 50.8 Å². The smallest absolute Gasteiger partial charge is 0.422 e. The maximum atomic E-state index is 12.8. The molecule has 6 aromatic heterocycles. The third-order valence-corrected chi connectivity index (χ3v) is 21.2. The van der Waals surface area contributed by atoms with Crippen molar-refractivity contribution < 1.29 is 84.5 Å². The highest BCUT2D eigenvalue weighted by Crippen LogP contribution is 2.47. The van der Waals surface area contributed by atoms with Crippen LogP contribution in [-0.4, -0.2) is 193 Å². The Morgan fingerprint density at radius 1 is 0.495 bits per heavy atom. The Bertz CT molecular complexity index is 4320. The number of hydrogen-bond acceptors (Lipinski definition) is 27. The van der Waals surface area contributed by atoms with Crippen molar-refractivity contribution in [1.29, 1.82) is 0 Å². The van der Waals surface area contributed by atoms with Crippen molar-refractivity contribution in [3.8, 4) is 43.7 Å². The summed E-state index contributed by atoms with van der Waals surface area (Å²) in [4.78, 5) is 39.9. The van der Waals surface area contributed by atoms with E-state index in [-0.39, 0.29) is 91.6 Å². The maximum absolute atomic E-state index is 12.8. The van der Waals surface area contributed by atoms with Crippen molar-refractivity contribution in [2.45, 2.75) is 152 Å². The molecule has 3 aromatic carbocycles. The van der Waals surface area contributed by atoms with E-state index in [0.29, 0.717) is 62.7 Å². The molecule has 5 aliphatic rings. The summed E-state index contributed by atoms with van der Waals surface area (Å²) in [6.45, 7) is 9.13. The average Bonchev–Trinajstić information content (AvgIpc) is 1.55. The molecular formula is C65H72F6N12O12S4. The van der Waals surface area contributed by atoms with Crippen LogP contribution in [0.1, 0.15) is 64.0 Å². The molecule has 34 heteroatoms. The van der Waals surface area contributed by atoms with E-state index in [4.69, 9.17) is 38.4 Å². The summed E-state index contributed by atoms with van der Waals surface area (Å²) in [5.41, 5.74) is 5.76. The number of halogens is 6. The molecule has 0 spiro atoms. The maximum Gasteiger partial charge on any atom is 0.422 e. The highest BCUT2D eigenvalue weighted by atomic mass is 32.2. The zero-order chi connectivity index (χ0) is 70.6. The van der Waals surface area contributed by atoms with Crippen LogP contribution in [-0.2, 0) is 29.7 Å². The molecule has 3 aliphatic carbocycles. The lowest BCUT2D eigenvalue weighted by molar-refractivity contribution is -0.159. The lowest BCUT2D eigenvalue weighted by Gasteiger charge is -2.24. The number of fused-ring (bicyclic) bond motifs is 5. The number of thiazole rings is 3. The molecule has 2 saturated heterocycles. The van der Waals surface area contributed by atoms with E-state index >= 15 is 0 Å². The Labute approximate surface area is 577 Å². The molecule has 14 rings (SSSR count). The Morgan fingerprint density at radius 3 is 1.19 bits per heavy atom. The summed E-state index contributed by atoms with van der Waals surface area (Å²) >= 11 is 4.37. The van der Waals surface area contributed by atoms with Gasteiger partial charge < -0.3 is 69.9 Å². The van der Waals surface area contributed by atoms with Gasteiger partial charge >= 0.3 is 24.4 Å². The molecule has 99 heavy (non-hydrogen) atoms. The first-order chi connectivity index (χ1) is 46.9. The van der Waals surface area contributed by atoms with Crippen LogP contribution in [0.4, 0.5) is 43.8 Å². The van der Waals surface area contributed by atoms with E-state index in [0.717, 1.165) is 41.2 Å². The number of aromatic nitrogens is 9. The number of rotatable bonds is 17. The van der Waals surface area contributed by atoms with Gasteiger partial charge in [0.05, 0.1) is 112 Å². The predicted octanol–water partition coefficient (Wildman–Crippen LogP) is 9.94. The van der Waals surface area contributed by atoms with Gasteiger partial charge in [0.2, 0.25) is 5.16 Å². The van der Waals surface area contributed by atoms with Crippen LogP contribution in [0, 0.1) is 38.5 Å². The Balaban J connectivity index is 0.000000141. The van der Waals surface area contributed by atoms with E-state index in [1.807, 2.05) is 93.6 Å². The normalized spacial score (nSPS) is 25.6. The van der Waals surface area contributed by atoms with E-state index in [1.54, 1.807) is 45.3 Å². The molecule has 0 radical (unpaired) electrons. The first kappa shape index (κ1) is 71.8. The Kier molecular flexibility index (Phi) is 20.8. The molecule has 0 amide bonds. The fourth-order valence-electron chi connectivity index (χ4n) is 13.0. The van der Waals surface area contributed by atoms with E-state index < -0.39 is 78.1 Å². The van der Waals surface area contributed by atoms with E-state index in [2.05, 4.69) is 50.8 Å². The van der Waals surface area contributed by atoms with Gasteiger partial charge in [0, 0.05) is 43.8 Å². The molecule has 2 aliphatic heterocycles. The number of nitrogens with zero attached hydrogens (tertiary/aromatic N) is 9. The summed E-state index contributed by atoms with van der Waals surface area (Å²) in [7, 11) is -1.33. The van der Waals surface area contributed by atoms with Crippen LogP contribution in [0.15, 0.2) is 78.0 Å². The highest BCUT2D eigenvalue weighted by molar-refractivity contribution is 7.84. The van der Waals surface area contributed by atoms with Crippen molar-refractivity contribution in [3.05, 3.63) is 89.9 Å². The van der Waals surface area contributed by atoms with Crippen LogP contribution < -0.4 is 25.4 Å². The number of para-hydroxylation sites is 3. The van der Waals surface area contributed by atoms with Gasteiger partial charge in [-0.3, -0.25) is 4.21 Å². The third-order valence-electron chi connectivity index (χ3n) is 17.4. The van der Waals surface area contributed by atoms with E-state index in [1.165, 1.54) is 22.7 Å². The second-order valence-electron chi connectivity index (χ2n) is 25.6. The number of aliphatic hydroxyl groups is 5. The minimum atomic E-state index is -4.56. The van der Waals surface area contributed by atoms with Gasteiger partial charge in [0.15, 0.2) is 24.8 Å². The number of nitrogens with one attached hydrogen (secondary N) is 3. The van der Waals surface area contributed by atoms with Gasteiger partial charge in [-0.25, -0.2) is 24.9 Å². The number of benzene rings is 3. The first-order valence-corrected chi connectivity index (χ1v) is 35.6. The van der Waals surface area contributed by atoms with Crippen LogP contribution in [0.3, 0.4) is 0 Å². The number of hydrogen-bond donors (Lipinski definition) is 8. The summed E-state index contributed by atoms with van der Waals surface area (Å²) < 4.78 is 125. The number of anilines is 3. The predicted molar refractivity (Wildman–Crippen MR) is 359 cm³/mol. The monoisotopic (exact) mass is 1450 g/mol. The topological polar surface area (TPSA) is 326 Å². The molecule has 5 fully saturated rings. The van der Waals surface area contributed by atoms with Crippen molar-refractivity contribution in [2.24, 2.45) is 17.8 Å². The Hall–Kier alpha value is -7.06. The van der Waals surface area contributed by atoms with Gasteiger partial charge in [-0.1, -0.05) is 36.4 Å². The second kappa shape index (κ2) is 28.8. The summed E-state index contributed by atoms with van der Waals surface area (Å²) in [6, 6.07) is 21.0. The molecule has 24 nitrogen and oxygen atoms in total. The number of aryl methyl sites for hydroxylation is 3. The molecule has 0 bridgehead atoms. The first-order valence-electron chi connectivity index (χ1n) is 31.6. The molecule has 13 atom stereocenters. The standard InChI is InChI=1S/C23H25F3N4O4S.C22H26N4O4S2.C20H21F3N4O4S/c1-11-16(20-29-13-6-4-5-7-15(13)35-20)19(30-21(27-11)32-10-23(24,25)26)28-14-8-12(9-31)17-18(14)34-22(2,3)33-17;1-11-16(20-25-13-7-5-6-8-15(13)31-20)19(26-21(23-11)32(4)28)24-14-9-12(10-27)17-18(14)30-22(2,3)29-17;1-9-14(18-26-11-4-2-3-5-13(11)32-18)17(27-19(24-9)31-8-20(21,22)23)25-12-6-10(7-28)15(29)16(12)30/h4-7,12,14,17-18,31H,8-10H2,1-3H3,(H,27,28,30);5-8,12,14,17-18,27H,9-10H2,1-4H3,(H,23,24,26);2-5,10,12,15-16,28-30H,6-8H2,1H3,(H,24,25,27)/t12-,14-,17-,18+;12-,14-,17-,18+,32?;10-,12-,15-,16+/m111/s1. The summed E-state index contributed by atoms with van der Waals surface area (Å²) in [5.74, 6) is -1.26. The van der Waals surface area contributed by atoms with E-state index in [9.17, 15) is 56.1 Å². The summed E-state index contributed by atoms with van der Waals surface area (Å²) in [6.07, 6.45) is -9.53. The van der Waals surface area contributed by atoms with Gasteiger partial charge in [0.25, 0.3) is 0 Å².